The summed E-state index contributed by atoms with van der Waals surface area (Å²) in [5.41, 5.74) is 2.30. The van der Waals surface area contributed by atoms with Gasteiger partial charge in [0, 0.05) is 5.56 Å². The molecule has 29 heavy (non-hydrogen) atoms. The number of hydrogen-bond acceptors (Lipinski definition) is 5. The standard InChI is InChI=1S/C24H18O5/c1-27-24(26)18-13-11-16(12-14-18)15-28-23-21(25)19-9-5-6-10-20(19)29-22(23)17-7-3-2-4-8-17/h2-14H,15H2,1H3. The van der Waals surface area contributed by atoms with Crippen LogP contribution >= 0.6 is 0 Å². The number of carbonyl (C=O) groups excluding carboxylic acids is 1. The fourth-order valence-corrected chi connectivity index (χ4v) is 3.05. The van der Waals surface area contributed by atoms with Gasteiger partial charge in [-0.3, -0.25) is 4.79 Å². The predicted molar refractivity (Wildman–Crippen MR) is 110 cm³/mol. The minimum absolute atomic E-state index is 0.157. The third-order valence-corrected chi connectivity index (χ3v) is 4.55. The molecule has 0 aliphatic heterocycles. The molecule has 0 aliphatic carbocycles. The first kappa shape index (κ1) is 18.5. The van der Waals surface area contributed by atoms with Gasteiger partial charge in [0.15, 0.2) is 5.76 Å². The summed E-state index contributed by atoms with van der Waals surface area (Å²) in [5, 5.41) is 0.461. The molecule has 3 aromatic carbocycles. The van der Waals surface area contributed by atoms with Crippen LogP contribution in [-0.2, 0) is 11.3 Å². The van der Waals surface area contributed by atoms with Crippen LogP contribution in [-0.4, -0.2) is 13.1 Å². The van der Waals surface area contributed by atoms with Gasteiger partial charge in [0.1, 0.15) is 12.2 Å². The summed E-state index contributed by atoms with van der Waals surface area (Å²) in [4.78, 5) is 24.6. The van der Waals surface area contributed by atoms with Gasteiger partial charge in [0.25, 0.3) is 0 Å². The van der Waals surface area contributed by atoms with Crippen molar-refractivity contribution in [2.24, 2.45) is 0 Å². The number of hydrogen-bond donors (Lipinski definition) is 0. The molecule has 0 radical (unpaired) electrons. The van der Waals surface area contributed by atoms with Crippen molar-refractivity contribution in [1.29, 1.82) is 0 Å². The largest absolute Gasteiger partial charge is 0.481 e. The van der Waals surface area contributed by atoms with E-state index in [2.05, 4.69) is 0 Å². The molecule has 1 heterocycles. The molecule has 1 aromatic heterocycles. The molecule has 0 unspecified atom stereocenters. The summed E-state index contributed by atoms with van der Waals surface area (Å²) in [6.07, 6.45) is 0. The second-order valence-electron chi connectivity index (χ2n) is 6.43. The predicted octanol–water partition coefficient (Wildman–Crippen LogP) is 4.83. The molecule has 0 spiro atoms. The van der Waals surface area contributed by atoms with Gasteiger partial charge in [-0.15, -0.1) is 0 Å². The van der Waals surface area contributed by atoms with E-state index in [4.69, 9.17) is 13.9 Å². The first-order valence-corrected chi connectivity index (χ1v) is 9.08. The second-order valence-corrected chi connectivity index (χ2v) is 6.43. The SMILES string of the molecule is COC(=O)c1ccc(COc2c(-c3ccccc3)oc3ccccc3c2=O)cc1. The van der Waals surface area contributed by atoms with Gasteiger partial charge in [0.05, 0.1) is 18.1 Å². The minimum Gasteiger partial charge on any atom is -0.481 e. The lowest BCUT2D eigenvalue weighted by atomic mass is 10.1. The smallest absolute Gasteiger partial charge is 0.337 e. The molecule has 0 saturated heterocycles. The number of carbonyl (C=O) groups is 1. The molecular formula is C24H18O5. The van der Waals surface area contributed by atoms with E-state index in [1.165, 1.54) is 7.11 Å². The maximum absolute atomic E-state index is 13.1. The van der Waals surface area contributed by atoms with Crippen LogP contribution in [0.3, 0.4) is 0 Å². The third kappa shape index (κ3) is 3.75. The average Bonchev–Trinajstić information content (AvgIpc) is 2.79. The van der Waals surface area contributed by atoms with Crippen LogP contribution in [0.5, 0.6) is 5.75 Å². The molecule has 0 aliphatic rings. The zero-order chi connectivity index (χ0) is 20.2. The third-order valence-electron chi connectivity index (χ3n) is 4.55. The highest BCUT2D eigenvalue weighted by Gasteiger charge is 2.17. The number of rotatable bonds is 5. The number of methoxy groups -OCH3 is 1. The van der Waals surface area contributed by atoms with Gasteiger partial charge < -0.3 is 13.9 Å². The van der Waals surface area contributed by atoms with E-state index in [-0.39, 0.29) is 17.8 Å². The Morgan fingerprint density at radius 3 is 2.31 bits per heavy atom. The van der Waals surface area contributed by atoms with Crippen molar-refractivity contribution in [2.45, 2.75) is 6.61 Å². The van der Waals surface area contributed by atoms with E-state index >= 15 is 0 Å². The van der Waals surface area contributed by atoms with Crippen molar-refractivity contribution in [1.82, 2.24) is 0 Å². The molecule has 0 atom stereocenters. The molecule has 5 nitrogen and oxygen atoms in total. The summed E-state index contributed by atoms with van der Waals surface area (Å²) in [7, 11) is 1.34. The van der Waals surface area contributed by atoms with E-state index in [1.807, 2.05) is 36.4 Å². The Hall–Kier alpha value is -3.86. The second kappa shape index (κ2) is 8.02. The van der Waals surface area contributed by atoms with E-state index < -0.39 is 5.97 Å². The van der Waals surface area contributed by atoms with E-state index in [0.717, 1.165) is 11.1 Å². The Morgan fingerprint density at radius 2 is 1.59 bits per heavy atom. The summed E-state index contributed by atoms with van der Waals surface area (Å²) < 4.78 is 16.7. The zero-order valence-electron chi connectivity index (χ0n) is 15.8. The van der Waals surface area contributed by atoms with Crippen molar-refractivity contribution in [2.75, 3.05) is 7.11 Å². The monoisotopic (exact) mass is 386 g/mol. The highest BCUT2D eigenvalue weighted by Crippen LogP contribution is 2.31. The highest BCUT2D eigenvalue weighted by atomic mass is 16.5. The summed E-state index contributed by atoms with van der Waals surface area (Å²) in [6.45, 7) is 0.157. The van der Waals surface area contributed by atoms with Crippen LogP contribution in [0.15, 0.2) is 88.1 Å². The normalized spacial score (nSPS) is 10.7. The van der Waals surface area contributed by atoms with Crippen molar-refractivity contribution >= 4 is 16.9 Å². The lowest BCUT2D eigenvalue weighted by Gasteiger charge is -2.12. The van der Waals surface area contributed by atoms with Crippen molar-refractivity contribution in [3.05, 3.63) is 100 Å². The summed E-state index contributed by atoms with van der Waals surface area (Å²) in [5.74, 6) is 0.145. The Kier molecular flexibility index (Phi) is 5.12. The zero-order valence-corrected chi connectivity index (χ0v) is 15.8. The molecule has 0 fully saturated rings. The first-order valence-electron chi connectivity index (χ1n) is 9.08. The topological polar surface area (TPSA) is 65.7 Å². The van der Waals surface area contributed by atoms with Crippen molar-refractivity contribution in [3.63, 3.8) is 0 Å². The molecule has 5 heteroatoms. The van der Waals surface area contributed by atoms with Gasteiger partial charge in [-0.1, -0.05) is 54.6 Å². The Bertz CT molecular complexity index is 1210. The number of fused-ring (bicyclic) bond motifs is 1. The number of para-hydroxylation sites is 1. The van der Waals surface area contributed by atoms with Crippen LogP contribution in [0.25, 0.3) is 22.3 Å². The number of benzene rings is 3. The van der Waals surface area contributed by atoms with Gasteiger partial charge in [0.2, 0.25) is 11.2 Å². The van der Waals surface area contributed by atoms with Crippen LogP contribution in [0.2, 0.25) is 0 Å². The minimum atomic E-state index is -0.404. The Balaban J connectivity index is 1.71. The van der Waals surface area contributed by atoms with Gasteiger partial charge in [-0.2, -0.15) is 0 Å². The average molecular weight is 386 g/mol. The van der Waals surface area contributed by atoms with Gasteiger partial charge >= 0.3 is 5.97 Å². The molecule has 0 bridgehead atoms. The van der Waals surface area contributed by atoms with E-state index in [9.17, 15) is 9.59 Å². The molecule has 0 N–H and O–H groups in total. The van der Waals surface area contributed by atoms with Crippen LogP contribution in [0.4, 0.5) is 0 Å². The first-order chi connectivity index (χ1) is 14.2. The van der Waals surface area contributed by atoms with E-state index in [0.29, 0.717) is 22.3 Å². The Morgan fingerprint density at radius 1 is 0.897 bits per heavy atom. The fourth-order valence-electron chi connectivity index (χ4n) is 3.05. The number of ether oxygens (including phenoxy) is 2. The molecular weight excluding hydrogens is 368 g/mol. The van der Waals surface area contributed by atoms with Gasteiger partial charge in [-0.25, -0.2) is 4.79 Å². The maximum Gasteiger partial charge on any atom is 0.337 e. The lowest BCUT2D eigenvalue weighted by molar-refractivity contribution is 0.0600. The molecule has 4 aromatic rings. The van der Waals surface area contributed by atoms with Crippen LogP contribution in [0, 0.1) is 0 Å². The summed E-state index contributed by atoms with van der Waals surface area (Å²) >= 11 is 0. The summed E-state index contributed by atoms with van der Waals surface area (Å²) in [6, 6.07) is 23.3. The van der Waals surface area contributed by atoms with Crippen LogP contribution in [0.1, 0.15) is 15.9 Å². The van der Waals surface area contributed by atoms with Crippen molar-refractivity contribution < 1.29 is 18.7 Å². The quantitative estimate of drug-likeness (QED) is 0.460. The highest BCUT2D eigenvalue weighted by molar-refractivity contribution is 5.89. The van der Waals surface area contributed by atoms with Gasteiger partial charge in [-0.05, 0) is 29.8 Å². The van der Waals surface area contributed by atoms with Crippen LogP contribution < -0.4 is 10.2 Å². The lowest BCUT2D eigenvalue weighted by Crippen LogP contribution is -2.10. The molecule has 0 amide bonds. The maximum atomic E-state index is 13.1. The molecule has 144 valence electrons. The number of esters is 1. The molecule has 0 saturated carbocycles. The van der Waals surface area contributed by atoms with Crippen molar-refractivity contribution in [3.8, 4) is 17.1 Å². The van der Waals surface area contributed by atoms with E-state index in [1.54, 1.807) is 42.5 Å². The molecule has 4 rings (SSSR count). The Labute approximate surface area is 167 Å². The fraction of sp³-hybridized carbons (Fsp3) is 0.0833.